The van der Waals surface area contributed by atoms with Crippen molar-refractivity contribution >= 4 is 5.78 Å². The first kappa shape index (κ1) is 11.4. The number of aryl methyl sites for hydroxylation is 2. The first-order chi connectivity index (χ1) is 7.08. The van der Waals surface area contributed by atoms with Crippen molar-refractivity contribution in [1.29, 1.82) is 5.26 Å². The van der Waals surface area contributed by atoms with Gasteiger partial charge in [-0.25, -0.2) is 0 Å². The highest BCUT2D eigenvalue weighted by molar-refractivity contribution is 5.97. The molecule has 1 atom stereocenters. The van der Waals surface area contributed by atoms with Gasteiger partial charge in [-0.1, -0.05) is 6.92 Å². The van der Waals surface area contributed by atoms with Crippen molar-refractivity contribution in [3.05, 3.63) is 17.5 Å². The van der Waals surface area contributed by atoms with Gasteiger partial charge in [-0.15, -0.1) is 0 Å². The van der Waals surface area contributed by atoms with Crippen LogP contribution in [-0.4, -0.2) is 15.6 Å². The molecule has 1 aromatic heterocycles. The fourth-order valence-corrected chi connectivity index (χ4v) is 1.46. The molecule has 1 aromatic rings. The molecular weight excluding hydrogens is 190 g/mol. The summed E-state index contributed by atoms with van der Waals surface area (Å²) in [6, 6.07) is 2.06. The molecule has 4 nitrogen and oxygen atoms in total. The van der Waals surface area contributed by atoms with E-state index in [-0.39, 0.29) is 18.1 Å². The van der Waals surface area contributed by atoms with E-state index in [1.54, 1.807) is 24.9 Å². The zero-order valence-electron chi connectivity index (χ0n) is 9.32. The first-order valence-electron chi connectivity index (χ1n) is 5.03. The standard InChI is InChI=1S/C11H15N3O/c1-4-10-9(7-14(3)13-10)11(15)5-8(2)6-12/h7-8H,4-5H2,1-3H3. The number of aromatic nitrogens is 2. The van der Waals surface area contributed by atoms with Crippen molar-refractivity contribution in [2.75, 3.05) is 0 Å². The molecule has 4 heteroatoms. The van der Waals surface area contributed by atoms with E-state index < -0.39 is 0 Å². The molecule has 0 aromatic carbocycles. The predicted octanol–water partition coefficient (Wildman–Crippen LogP) is 1.71. The average Bonchev–Trinajstić information content (AvgIpc) is 2.59. The van der Waals surface area contributed by atoms with Crippen molar-refractivity contribution in [2.45, 2.75) is 26.7 Å². The van der Waals surface area contributed by atoms with Gasteiger partial charge < -0.3 is 0 Å². The van der Waals surface area contributed by atoms with E-state index in [1.165, 1.54) is 0 Å². The number of nitriles is 1. The van der Waals surface area contributed by atoms with Gasteiger partial charge in [0.1, 0.15) is 0 Å². The van der Waals surface area contributed by atoms with Crippen LogP contribution < -0.4 is 0 Å². The Labute approximate surface area is 89.5 Å². The third-order valence-corrected chi connectivity index (χ3v) is 2.25. The van der Waals surface area contributed by atoms with E-state index in [0.717, 1.165) is 12.1 Å². The lowest BCUT2D eigenvalue weighted by atomic mass is 10.0. The van der Waals surface area contributed by atoms with Gasteiger partial charge >= 0.3 is 0 Å². The summed E-state index contributed by atoms with van der Waals surface area (Å²) in [7, 11) is 1.80. The Balaban J connectivity index is 2.86. The molecule has 15 heavy (non-hydrogen) atoms. The highest BCUT2D eigenvalue weighted by atomic mass is 16.1. The molecule has 0 radical (unpaired) electrons. The number of hydrogen-bond acceptors (Lipinski definition) is 3. The number of carbonyl (C=O) groups excluding carboxylic acids is 1. The molecule has 1 rings (SSSR count). The van der Waals surface area contributed by atoms with Crippen LogP contribution in [-0.2, 0) is 13.5 Å². The zero-order valence-corrected chi connectivity index (χ0v) is 9.32. The van der Waals surface area contributed by atoms with Crippen LogP contribution in [0.15, 0.2) is 6.20 Å². The maximum Gasteiger partial charge on any atom is 0.167 e. The van der Waals surface area contributed by atoms with Gasteiger partial charge in [-0.05, 0) is 13.3 Å². The molecular formula is C11H15N3O. The van der Waals surface area contributed by atoms with Gasteiger partial charge in [-0.2, -0.15) is 10.4 Å². The highest BCUT2D eigenvalue weighted by Crippen LogP contribution is 2.13. The van der Waals surface area contributed by atoms with E-state index in [4.69, 9.17) is 5.26 Å². The van der Waals surface area contributed by atoms with Crippen molar-refractivity contribution in [3.63, 3.8) is 0 Å². The van der Waals surface area contributed by atoms with Crippen molar-refractivity contribution in [2.24, 2.45) is 13.0 Å². The molecule has 0 N–H and O–H groups in total. The molecule has 1 unspecified atom stereocenters. The summed E-state index contributed by atoms with van der Waals surface area (Å²) in [5.74, 6) is -0.226. The van der Waals surface area contributed by atoms with Crippen LogP contribution in [0.3, 0.4) is 0 Å². The summed E-state index contributed by atoms with van der Waals surface area (Å²) in [6.45, 7) is 3.72. The van der Waals surface area contributed by atoms with Crippen molar-refractivity contribution in [3.8, 4) is 6.07 Å². The van der Waals surface area contributed by atoms with Gasteiger partial charge in [0.15, 0.2) is 5.78 Å². The minimum atomic E-state index is -0.234. The Morgan fingerprint density at radius 1 is 1.73 bits per heavy atom. The summed E-state index contributed by atoms with van der Waals surface area (Å²) in [4.78, 5) is 11.8. The lowest BCUT2D eigenvalue weighted by Gasteiger charge is -2.00. The summed E-state index contributed by atoms with van der Waals surface area (Å²) in [5, 5.41) is 12.8. The average molecular weight is 205 g/mol. The Hall–Kier alpha value is -1.63. The zero-order chi connectivity index (χ0) is 11.4. The normalized spacial score (nSPS) is 12.1. The van der Waals surface area contributed by atoms with Crippen LogP contribution >= 0.6 is 0 Å². The Kier molecular flexibility index (Phi) is 3.62. The second kappa shape index (κ2) is 4.74. The van der Waals surface area contributed by atoms with Crippen LogP contribution in [0.2, 0.25) is 0 Å². The Bertz CT molecular complexity index is 400. The van der Waals surface area contributed by atoms with Crippen molar-refractivity contribution in [1.82, 2.24) is 9.78 Å². The molecule has 0 saturated heterocycles. The number of nitrogens with zero attached hydrogens (tertiary/aromatic N) is 3. The molecule has 0 bridgehead atoms. The third kappa shape index (κ3) is 2.66. The molecule has 0 spiro atoms. The fraction of sp³-hybridized carbons (Fsp3) is 0.545. The van der Waals surface area contributed by atoms with Gasteiger partial charge in [0.2, 0.25) is 0 Å². The van der Waals surface area contributed by atoms with E-state index >= 15 is 0 Å². The summed E-state index contributed by atoms with van der Waals surface area (Å²) in [6.07, 6.45) is 2.74. The predicted molar refractivity (Wildman–Crippen MR) is 56.3 cm³/mol. The van der Waals surface area contributed by atoms with Gasteiger partial charge in [0, 0.05) is 19.7 Å². The van der Waals surface area contributed by atoms with E-state index in [9.17, 15) is 4.79 Å². The molecule has 0 aliphatic rings. The van der Waals surface area contributed by atoms with E-state index in [1.807, 2.05) is 6.92 Å². The van der Waals surface area contributed by atoms with Crippen LogP contribution in [0.4, 0.5) is 0 Å². The minimum absolute atomic E-state index is 0.00833. The molecule has 0 aliphatic carbocycles. The van der Waals surface area contributed by atoms with Crippen LogP contribution in [0.25, 0.3) is 0 Å². The second-order valence-electron chi connectivity index (χ2n) is 3.67. The summed E-state index contributed by atoms with van der Waals surface area (Å²) >= 11 is 0. The summed E-state index contributed by atoms with van der Waals surface area (Å²) < 4.78 is 1.64. The maximum absolute atomic E-state index is 11.8. The quantitative estimate of drug-likeness (QED) is 0.703. The summed E-state index contributed by atoms with van der Waals surface area (Å²) in [5.41, 5.74) is 1.47. The van der Waals surface area contributed by atoms with Gasteiger partial charge in [-0.3, -0.25) is 9.48 Å². The first-order valence-corrected chi connectivity index (χ1v) is 5.03. The SMILES string of the molecule is CCc1nn(C)cc1C(=O)CC(C)C#N. The monoisotopic (exact) mass is 205 g/mol. The Morgan fingerprint density at radius 2 is 2.40 bits per heavy atom. The molecule has 0 aliphatic heterocycles. The number of rotatable bonds is 4. The van der Waals surface area contributed by atoms with Crippen molar-refractivity contribution < 1.29 is 4.79 Å². The number of ketones is 1. The maximum atomic E-state index is 11.8. The second-order valence-corrected chi connectivity index (χ2v) is 3.67. The minimum Gasteiger partial charge on any atom is -0.294 e. The largest absolute Gasteiger partial charge is 0.294 e. The number of carbonyl (C=O) groups is 1. The van der Waals surface area contributed by atoms with Gasteiger partial charge in [0.25, 0.3) is 0 Å². The molecule has 0 saturated carbocycles. The lowest BCUT2D eigenvalue weighted by Crippen LogP contribution is -2.06. The smallest absolute Gasteiger partial charge is 0.167 e. The van der Waals surface area contributed by atoms with E-state index in [2.05, 4.69) is 11.2 Å². The molecule has 1 heterocycles. The molecule has 0 fully saturated rings. The third-order valence-electron chi connectivity index (χ3n) is 2.25. The van der Waals surface area contributed by atoms with Gasteiger partial charge in [0.05, 0.1) is 23.2 Å². The molecule has 0 amide bonds. The highest BCUT2D eigenvalue weighted by Gasteiger charge is 2.16. The van der Waals surface area contributed by atoms with Crippen LogP contribution in [0, 0.1) is 17.2 Å². The number of hydrogen-bond donors (Lipinski definition) is 0. The Morgan fingerprint density at radius 3 is 2.93 bits per heavy atom. The van der Waals surface area contributed by atoms with Crippen LogP contribution in [0.5, 0.6) is 0 Å². The fourth-order valence-electron chi connectivity index (χ4n) is 1.46. The lowest BCUT2D eigenvalue weighted by molar-refractivity contribution is 0.0972. The van der Waals surface area contributed by atoms with Crippen LogP contribution in [0.1, 0.15) is 36.3 Å². The molecule has 80 valence electrons. The van der Waals surface area contributed by atoms with E-state index in [0.29, 0.717) is 5.56 Å². The topological polar surface area (TPSA) is 58.7 Å². The number of Topliss-reactive ketones (excluding diaryl/α,β-unsaturated/α-hetero) is 1.